The van der Waals surface area contributed by atoms with E-state index in [9.17, 15) is 14.7 Å². The van der Waals surface area contributed by atoms with Crippen molar-refractivity contribution in [3.05, 3.63) is 36.0 Å². The lowest BCUT2D eigenvalue weighted by molar-refractivity contribution is -0.161. The molecule has 0 bridgehead atoms. The number of para-hydroxylation sites is 1. The van der Waals surface area contributed by atoms with Crippen molar-refractivity contribution in [2.75, 3.05) is 33.8 Å². The second-order valence-electron chi connectivity index (χ2n) is 7.79. The molecule has 0 spiro atoms. The van der Waals surface area contributed by atoms with Crippen molar-refractivity contribution in [3.8, 4) is 5.75 Å². The van der Waals surface area contributed by atoms with Crippen molar-refractivity contribution in [2.24, 2.45) is 5.41 Å². The molecule has 2 aliphatic rings. The monoisotopic (exact) mass is 383 g/mol. The lowest BCUT2D eigenvalue weighted by Crippen LogP contribution is -2.63. The highest BCUT2D eigenvalue weighted by molar-refractivity contribution is 5.97. The third-order valence-electron chi connectivity index (χ3n) is 6.36. The normalized spacial score (nSPS) is 25.4. The zero-order valence-electron chi connectivity index (χ0n) is 16.2. The first-order valence-electron chi connectivity index (χ1n) is 9.63. The van der Waals surface area contributed by atoms with E-state index in [1.807, 2.05) is 31.3 Å². The number of aliphatic carboxylic acids is 1. The van der Waals surface area contributed by atoms with Gasteiger partial charge >= 0.3 is 5.97 Å². The summed E-state index contributed by atoms with van der Waals surface area (Å²) < 4.78 is 5.46. The third-order valence-corrected chi connectivity index (χ3v) is 6.36. The topological polar surface area (TPSA) is 83.0 Å². The molecular weight excluding hydrogens is 358 g/mol. The van der Waals surface area contributed by atoms with Crippen LogP contribution in [-0.4, -0.2) is 71.6 Å². The minimum atomic E-state index is -0.766. The molecular formula is C21H25N3O4. The standard InChI is InChI=1S/C21H25N3O4/c1-23-10-5-8-21(20(26)27)9-11-24(13-18(21)23)19(25)16-12-17(28-2)14-6-3-4-7-15(14)22-16/h3-4,6-7,12,18H,5,8-11,13H2,1-2H3,(H,26,27)/t18-,21+/m1/s1. The Morgan fingerprint density at radius 1 is 1.25 bits per heavy atom. The van der Waals surface area contributed by atoms with Crippen LogP contribution in [0.4, 0.5) is 0 Å². The molecule has 0 saturated carbocycles. The average molecular weight is 383 g/mol. The van der Waals surface area contributed by atoms with Gasteiger partial charge in [-0.1, -0.05) is 12.1 Å². The van der Waals surface area contributed by atoms with Crippen LogP contribution in [0.2, 0.25) is 0 Å². The number of hydrogen-bond donors (Lipinski definition) is 1. The number of likely N-dealkylation sites (tertiary alicyclic amines) is 2. The number of carboxylic acids is 1. The van der Waals surface area contributed by atoms with Crippen LogP contribution in [0.15, 0.2) is 30.3 Å². The van der Waals surface area contributed by atoms with Crippen molar-refractivity contribution < 1.29 is 19.4 Å². The maximum Gasteiger partial charge on any atom is 0.311 e. The summed E-state index contributed by atoms with van der Waals surface area (Å²) in [6.45, 7) is 1.68. The molecule has 2 aliphatic heterocycles. The minimum absolute atomic E-state index is 0.179. The molecule has 7 nitrogen and oxygen atoms in total. The number of methoxy groups -OCH3 is 1. The Labute approximate surface area is 163 Å². The van der Waals surface area contributed by atoms with Crippen LogP contribution in [0, 0.1) is 5.41 Å². The van der Waals surface area contributed by atoms with Gasteiger partial charge in [-0.2, -0.15) is 0 Å². The summed E-state index contributed by atoms with van der Waals surface area (Å²) in [5.74, 6) is -0.315. The Balaban J connectivity index is 1.64. The van der Waals surface area contributed by atoms with Crippen LogP contribution in [0.1, 0.15) is 29.8 Å². The van der Waals surface area contributed by atoms with Crippen molar-refractivity contribution in [1.29, 1.82) is 0 Å². The van der Waals surface area contributed by atoms with Gasteiger partial charge in [-0.05, 0) is 45.0 Å². The van der Waals surface area contributed by atoms with Gasteiger partial charge in [0.05, 0.1) is 18.0 Å². The predicted octanol–water partition coefficient (Wildman–Crippen LogP) is 2.25. The number of likely N-dealkylation sites (N-methyl/N-ethyl adjacent to an activating group) is 1. The number of piperidine rings is 2. The summed E-state index contributed by atoms with van der Waals surface area (Å²) >= 11 is 0. The number of aromatic nitrogens is 1. The number of fused-ring (bicyclic) bond motifs is 2. The Hall–Kier alpha value is -2.67. The van der Waals surface area contributed by atoms with Gasteiger partial charge in [0.1, 0.15) is 11.4 Å². The zero-order valence-corrected chi connectivity index (χ0v) is 16.2. The molecule has 4 rings (SSSR count). The molecule has 28 heavy (non-hydrogen) atoms. The molecule has 1 N–H and O–H groups in total. The number of benzene rings is 1. The van der Waals surface area contributed by atoms with Gasteiger partial charge in [0.2, 0.25) is 0 Å². The fourth-order valence-electron chi connectivity index (χ4n) is 4.75. The second-order valence-corrected chi connectivity index (χ2v) is 7.79. The molecule has 0 aliphatic carbocycles. The van der Waals surface area contributed by atoms with Crippen molar-refractivity contribution in [1.82, 2.24) is 14.8 Å². The molecule has 1 aromatic carbocycles. The summed E-state index contributed by atoms with van der Waals surface area (Å²) in [4.78, 5) is 33.6. The fraction of sp³-hybridized carbons (Fsp3) is 0.476. The van der Waals surface area contributed by atoms with Gasteiger partial charge in [-0.15, -0.1) is 0 Å². The van der Waals surface area contributed by atoms with Crippen molar-refractivity contribution >= 4 is 22.8 Å². The van der Waals surface area contributed by atoms with E-state index in [2.05, 4.69) is 9.88 Å². The summed E-state index contributed by atoms with van der Waals surface area (Å²) in [6.07, 6.45) is 2.01. The molecule has 2 atom stereocenters. The number of carbonyl (C=O) groups is 2. The highest BCUT2D eigenvalue weighted by atomic mass is 16.5. The number of nitrogens with zero attached hydrogens (tertiary/aromatic N) is 3. The molecule has 0 radical (unpaired) electrons. The molecule has 2 saturated heterocycles. The number of carboxylic acid groups (broad SMARTS) is 1. The highest BCUT2D eigenvalue weighted by Gasteiger charge is 2.52. The van der Waals surface area contributed by atoms with Crippen molar-refractivity contribution in [2.45, 2.75) is 25.3 Å². The average Bonchev–Trinajstić information content (AvgIpc) is 2.72. The SMILES string of the molecule is COc1cc(C(=O)N2CC[C@@]3(C(=O)O)CCCN(C)[C@@H]3C2)nc2ccccc12. The van der Waals surface area contributed by atoms with Gasteiger partial charge in [0.25, 0.3) is 5.91 Å². The van der Waals surface area contributed by atoms with E-state index in [0.717, 1.165) is 18.4 Å². The van der Waals surface area contributed by atoms with E-state index in [0.29, 0.717) is 42.9 Å². The van der Waals surface area contributed by atoms with Gasteiger partial charge in [0, 0.05) is 30.6 Å². The molecule has 1 amide bonds. The first kappa shape index (κ1) is 18.7. The first-order chi connectivity index (χ1) is 13.5. The van der Waals surface area contributed by atoms with Gasteiger partial charge in [-0.3, -0.25) is 9.59 Å². The number of rotatable bonds is 3. The Bertz CT molecular complexity index is 931. The summed E-state index contributed by atoms with van der Waals surface area (Å²) in [5, 5.41) is 10.8. The van der Waals surface area contributed by atoms with Crippen LogP contribution in [0.25, 0.3) is 10.9 Å². The molecule has 3 heterocycles. The Morgan fingerprint density at radius 3 is 2.79 bits per heavy atom. The van der Waals surface area contributed by atoms with Crippen molar-refractivity contribution in [3.63, 3.8) is 0 Å². The van der Waals surface area contributed by atoms with Crippen LogP contribution in [-0.2, 0) is 4.79 Å². The van der Waals surface area contributed by atoms with Crippen LogP contribution < -0.4 is 4.74 Å². The van der Waals surface area contributed by atoms with Crippen LogP contribution in [0.3, 0.4) is 0 Å². The maximum atomic E-state index is 13.2. The quantitative estimate of drug-likeness (QED) is 0.875. The van der Waals surface area contributed by atoms with E-state index >= 15 is 0 Å². The second kappa shape index (κ2) is 7.05. The molecule has 2 aromatic rings. The first-order valence-corrected chi connectivity index (χ1v) is 9.63. The van der Waals surface area contributed by atoms with Gasteiger partial charge in [0.15, 0.2) is 0 Å². The molecule has 0 unspecified atom stereocenters. The summed E-state index contributed by atoms with van der Waals surface area (Å²) in [5.41, 5.74) is 0.270. The van der Waals surface area contributed by atoms with E-state index in [1.54, 1.807) is 18.1 Å². The van der Waals surface area contributed by atoms with Crippen LogP contribution >= 0.6 is 0 Å². The maximum absolute atomic E-state index is 13.2. The number of ether oxygens (including phenoxy) is 1. The molecule has 148 valence electrons. The highest BCUT2D eigenvalue weighted by Crippen LogP contribution is 2.42. The number of carbonyl (C=O) groups excluding carboxylic acids is 1. The summed E-state index contributed by atoms with van der Waals surface area (Å²) in [7, 11) is 3.53. The Kier molecular flexibility index (Phi) is 4.71. The minimum Gasteiger partial charge on any atom is -0.496 e. The molecule has 2 fully saturated rings. The van der Waals surface area contributed by atoms with Gasteiger partial charge in [-0.25, -0.2) is 4.98 Å². The van der Waals surface area contributed by atoms with E-state index in [1.165, 1.54) is 0 Å². The van der Waals surface area contributed by atoms with Gasteiger partial charge < -0.3 is 19.6 Å². The third kappa shape index (κ3) is 2.90. The number of pyridine rings is 1. The number of hydrogen-bond acceptors (Lipinski definition) is 5. The van der Waals surface area contributed by atoms with Crippen LogP contribution in [0.5, 0.6) is 5.75 Å². The molecule has 7 heteroatoms. The molecule has 1 aromatic heterocycles. The lowest BCUT2D eigenvalue weighted by atomic mass is 9.68. The lowest BCUT2D eigenvalue weighted by Gasteiger charge is -2.51. The van der Waals surface area contributed by atoms with E-state index in [4.69, 9.17) is 4.74 Å². The fourth-order valence-corrected chi connectivity index (χ4v) is 4.75. The van der Waals surface area contributed by atoms with E-state index in [-0.39, 0.29) is 11.9 Å². The largest absolute Gasteiger partial charge is 0.496 e. The zero-order chi connectivity index (χ0) is 19.9. The van der Waals surface area contributed by atoms with E-state index < -0.39 is 11.4 Å². The summed E-state index contributed by atoms with van der Waals surface area (Å²) in [6, 6.07) is 9.04. The number of amides is 1. The Morgan fingerprint density at radius 2 is 2.04 bits per heavy atom. The smallest absolute Gasteiger partial charge is 0.311 e. The predicted molar refractivity (Wildman–Crippen MR) is 105 cm³/mol.